The van der Waals surface area contributed by atoms with Crippen molar-refractivity contribution in [3.8, 4) is 11.1 Å². The predicted molar refractivity (Wildman–Crippen MR) is 58.5 cm³/mol. The zero-order chi connectivity index (χ0) is 14.9. The Balaban J connectivity index is 2.84. The first-order valence-corrected chi connectivity index (χ1v) is 4.06. The molecular weight excluding hydrogens is 174 g/mol. The number of pyridine rings is 1. The van der Waals surface area contributed by atoms with E-state index < -0.39 is 6.17 Å². The fraction of sp³-hybridized carbons (Fsp3) is 0. The molecule has 0 unspecified atom stereocenters. The summed E-state index contributed by atoms with van der Waals surface area (Å²) < 4.78 is 44.9. The van der Waals surface area contributed by atoms with Gasteiger partial charge in [0, 0.05) is 17.4 Å². The van der Waals surface area contributed by atoms with Crippen LogP contribution in [0.2, 0.25) is 5.65 Å². The van der Waals surface area contributed by atoms with Gasteiger partial charge in [-0.15, -0.1) is 0 Å². The topological polar surface area (TPSA) is 64.9 Å². The number of nitrogen functional groups attached to an aromatic ring is 2. The monoisotopic (exact) mass is 191 g/mol. The smallest absolute Gasteiger partial charge is 0.158 e. The first kappa shape index (κ1) is 4.00. The lowest BCUT2D eigenvalue weighted by molar-refractivity contribution is 1.34. The molecule has 0 amide bonds. The number of anilines is 2. The second-order valence-corrected chi connectivity index (χ2v) is 2.76. The standard InChI is InChI=1S/C11H11N3/c12-9-6-7-14-11(13)10(9)8-4-2-1-3-5-8/h1-7H,(H4,12,13,14)/i6D,7D/hD4. The van der Waals surface area contributed by atoms with Gasteiger partial charge in [0.1, 0.15) is 5.82 Å². The molecule has 0 spiro atoms. The Morgan fingerprint density at radius 1 is 1.21 bits per heavy atom. The van der Waals surface area contributed by atoms with Crippen LogP contribution in [-0.4, -0.2) is 4.98 Å². The fourth-order valence-corrected chi connectivity index (χ4v) is 1.23. The van der Waals surface area contributed by atoms with Crippen molar-refractivity contribution >= 4 is 11.5 Å². The van der Waals surface area contributed by atoms with Crippen molar-refractivity contribution in [3.05, 3.63) is 42.5 Å². The second kappa shape index (κ2) is 3.38. The summed E-state index contributed by atoms with van der Waals surface area (Å²) in [4.78, 5) is 3.73. The lowest BCUT2D eigenvalue weighted by atomic mass is 10.1. The third-order valence-corrected chi connectivity index (χ3v) is 1.86. The molecule has 4 N–H and O–H groups in total. The van der Waals surface area contributed by atoms with Gasteiger partial charge in [-0.05, 0) is 11.6 Å². The summed E-state index contributed by atoms with van der Waals surface area (Å²) in [6, 6.07) is 8.16. The van der Waals surface area contributed by atoms with E-state index in [4.69, 9.17) is 8.39 Å². The van der Waals surface area contributed by atoms with E-state index in [2.05, 4.69) is 4.98 Å². The van der Waals surface area contributed by atoms with E-state index in [-0.39, 0.29) is 34.6 Å². The Kier molecular flexibility index (Phi) is 0.965. The number of aromatic nitrogens is 1. The molecule has 0 aliphatic heterocycles. The molecule has 1 aromatic heterocycles. The van der Waals surface area contributed by atoms with Crippen LogP contribution in [0.3, 0.4) is 0 Å². The lowest BCUT2D eigenvalue weighted by Crippen LogP contribution is -1.98. The molecule has 0 saturated carbocycles. The van der Waals surface area contributed by atoms with E-state index >= 15 is 0 Å². The van der Waals surface area contributed by atoms with Crippen LogP contribution in [0.1, 0.15) is 2.74 Å². The fourth-order valence-electron chi connectivity index (χ4n) is 1.23. The Labute approximate surface area is 91.0 Å². The van der Waals surface area contributed by atoms with Crippen LogP contribution in [-0.2, 0) is 0 Å². The Morgan fingerprint density at radius 3 is 2.79 bits per heavy atom. The van der Waals surface area contributed by atoms with Crippen LogP contribution >= 0.6 is 0 Å². The summed E-state index contributed by atoms with van der Waals surface area (Å²) in [6.45, 7) is 0. The molecule has 0 fully saturated rings. The number of hydrogen-bond donors (Lipinski definition) is 2. The Morgan fingerprint density at radius 2 is 2.07 bits per heavy atom. The molecule has 2 rings (SSSR count). The molecule has 1 aromatic carbocycles. The van der Waals surface area contributed by atoms with Crippen LogP contribution < -0.4 is 11.4 Å². The molecule has 0 radical (unpaired) electrons. The average Bonchev–Trinajstić information content (AvgIpc) is 2.41. The quantitative estimate of drug-likeness (QED) is 0.778. The largest absolute Gasteiger partial charge is 0.398 e. The van der Waals surface area contributed by atoms with E-state index in [0.29, 0.717) is 5.56 Å². The van der Waals surface area contributed by atoms with Crippen molar-refractivity contribution < 1.29 is 8.39 Å². The third kappa shape index (κ3) is 1.40. The molecular formula is C11H11N3. The predicted octanol–water partition coefficient (Wildman–Crippen LogP) is 1.91. The number of nitrogens with zero attached hydrogens (tertiary/aromatic N) is 1. The first-order valence-electron chi connectivity index (χ1n) is 6.84. The highest BCUT2D eigenvalue weighted by Gasteiger charge is 2.06. The normalized spacial score (nSPS) is 15.4. The van der Waals surface area contributed by atoms with E-state index in [1.165, 1.54) is 0 Å². The number of benzene rings is 1. The number of nitrogens with two attached hydrogens (primary N) is 2. The number of hydrogen-bond acceptors (Lipinski definition) is 3. The van der Waals surface area contributed by atoms with Gasteiger partial charge in [0.25, 0.3) is 0 Å². The number of rotatable bonds is 3. The van der Waals surface area contributed by atoms with Crippen molar-refractivity contribution in [3.63, 3.8) is 0 Å². The van der Waals surface area contributed by atoms with Gasteiger partial charge in [0.15, 0.2) is 5.65 Å². The molecule has 2 aromatic rings. The van der Waals surface area contributed by atoms with Crippen molar-refractivity contribution in [2.45, 2.75) is 0 Å². The molecule has 0 bridgehead atoms. The SMILES string of the molecule is [2H]c1nc(N([2H])[2H])c(-c2ccccc2)c(N([2H])[2H])c1[2H]. The van der Waals surface area contributed by atoms with E-state index in [9.17, 15) is 0 Å². The molecule has 0 aliphatic carbocycles. The highest BCUT2D eigenvalue weighted by atomic mass is 14.8. The van der Waals surface area contributed by atoms with Crippen molar-refractivity contribution in [1.29, 1.82) is 0 Å². The van der Waals surface area contributed by atoms with Gasteiger partial charge >= 0.3 is 0 Å². The minimum Gasteiger partial charge on any atom is -0.398 e. The molecule has 0 saturated heterocycles. The van der Waals surface area contributed by atoms with Crippen LogP contribution in [0.4, 0.5) is 11.5 Å². The highest BCUT2D eigenvalue weighted by molar-refractivity contribution is 5.84. The molecule has 70 valence electrons. The van der Waals surface area contributed by atoms with Gasteiger partial charge in [0.2, 0.25) is 0 Å². The van der Waals surface area contributed by atoms with Gasteiger partial charge in [-0.2, -0.15) is 0 Å². The molecule has 14 heavy (non-hydrogen) atoms. The zero-order valence-corrected chi connectivity index (χ0v) is 7.23. The first-order chi connectivity index (χ1) is 9.43. The summed E-state index contributed by atoms with van der Waals surface area (Å²) in [6.07, 6.45) is -0.483. The maximum Gasteiger partial charge on any atom is 0.158 e. The van der Waals surface area contributed by atoms with Crippen molar-refractivity contribution in [2.75, 3.05) is 11.4 Å². The third-order valence-electron chi connectivity index (χ3n) is 1.86. The van der Waals surface area contributed by atoms with Crippen molar-refractivity contribution in [2.24, 2.45) is 0 Å². The summed E-state index contributed by atoms with van der Waals surface area (Å²) in [7, 11) is 0. The van der Waals surface area contributed by atoms with Gasteiger partial charge in [-0.25, -0.2) is 4.98 Å². The Hall–Kier alpha value is -2.03. The maximum absolute atomic E-state index is 7.78. The van der Waals surface area contributed by atoms with Gasteiger partial charge in [0.05, 0.1) is 2.74 Å². The zero-order valence-electron chi connectivity index (χ0n) is 13.2. The van der Waals surface area contributed by atoms with Crippen LogP contribution in [0.15, 0.2) is 42.5 Å². The minimum atomic E-state index is -0.483. The second-order valence-electron chi connectivity index (χ2n) is 2.76. The van der Waals surface area contributed by atoms with Gasteiger partial charge < -0.3 is 11.4 Å². The van der Waals surface area contributed by atoms with Crippen LogP contribution in [0.25, 0.3) is 11.1 Å². The summed E-state index contributed by atoms with van der Waals surface area (Å²) in [5.74, 6) is -0.197. The summed E-state index contributed by atoms with van der Waals surface area (Å²) in [5.41, 5.74) is 0.898. The van der Waals surface area contributed by atoms with Gasteiger partial charge in [-0.1, -0.05) is 30.3 Å². The summed E-state index contributed by atoms with van der Waals surface area (Å²) >= 11 is 0. The minimum absolute atomic E-state index is 0.140. The van der Waals surface area contributed by atoms with Gasteiger partial charge in [-0.3, -0.25) is 0 Å². The maximum atomic E-state index is 7.78. The van der Waals surface area contributed by atoms with E-state index in [1.807, 2.05) is 0 Å². The molecule has 0 atom stereocenters. The lowest BCUT2D eigenvalue weighted by Gasteiger charge is -2.07. The highest BCUT2D eigenvalue weighted by Crippen LogP contribution is 2.29. The van der Waals surface area contributed by atoms with Crippen molar-refractivity contribution in [1.82, 2.24) is 4.98 Å². The molecule has 3 heteroatoms. The molecule has 3 nitrogen and oxygen atoms in total. The molecule has 0 aliphatic rings. The average molecular weight is 191 g/mol. The van der Waals surface area contributed by atoms with E-state index in [1.54, 1.807) is 30.3 Å². The Bertz CT molecular complexity index is 617. The van der Waals surface area contributed by atoms with Crippen LogP contribution in [0.5, 0.6) is 0 Å². The molecule has 1 heterocycles. The van der Waals surface area contributed by atoms with E-state index in [0.717, 1.165) is 0 Å². The van der Waals surface area contributed by atoms with Crippen LogP contribution in [0, 0.1) is 0 Å². The summed E-state index contributed by atoms with van der Waals surface area (Å²) in [5, 5.41) is 0.